The van der Waals surface area contributed by atoms with Crippen LogP contribution in [-0.2, 0) is 34.1 Å². The molecule has 1 spiro atoms. The van der Waals surface area contributed by atoms with Crippen molar-refractivity contribution >= 4 is 40.9 Å². The van der Waals surface area contributed by atoms with E-state index in [0.717, 1.165) is 19.8 Å². The van der Waals surface area contributed by atoms with Gasteiger partial charge in [0.05, 0.1) is 19.3 Å². The fraction of sp³-hybridized carbons (Fsp3) is 0.261. The maximum absolute atomic E-state index is 13.2. The van der Waals surface area contributed by atoms with Gasteiger partial charge < -0.3 is 18.9 Å². The van der Waals surface area contributed by atoms with E-state index in [9.17, 15) is 14.4 Å². The van der Waals surface area contributed by atoms with Crippen molar-refractivity contribution in [2.45, 2.75) is 24.4 Å². The molecule has 0 bridgehead atoms. The first-order chi connectivity index (χ1) is 15.2. The smallest absolute Gasteiger partial charge is 0.354 e. The Morgan fingerprint density at radius 2 is 1.53 bits per heavy atom. The number of aryl methyl sites for hydroxylation is 1. The molecule has 7 nitrogen and oxygen atoms in total. The monoisotopic (exact) mass is 476 g/mol. The molecule has 1 saturated heterocycles. The van der Waals surface area contributed by atoms with Crippen molar-refractivity contribution in [2.24, 2.45) is 0 Å². The van der Waals surface area contributed by atoms with E-state index in [1.165, 1.54) is 12.1 Å². The van der Waals surface area contributed by atoms with Crippen LogP contribution < -0.4 is 0 Å². The number of fused-ring (bicyclic) bond motifs is 2. The maximum atomic E-state index is 13.2. The van der Waals surface area contributed by atoms with Crippen molar-refractivity contribution in [1.29, 1.82) is 0 Å². The van der Waals surface area contributed by atoms with Crippen LogP contribution in [0.1, 0.15) is 33.3 Å². The van der Waals surface area contributed by atoms with Crippen molar-refractivity contribution in [3.63, 3.8) is 0 Å². The third-order valence-corrected chi connectivity index (χ3v) is 6.52. The summed E-state index contributed by atoms with van der Waals surface area (Å²) < 4.78 is 22.2. The van der Waals surface area contributed by atoms with E-state index in [-0.39, 0.29) is 16.2 Å². The van der Waals surface area contributed by atoms with Gasteiger partial charge in [-0.15, -0.1) is 0 Å². The topological polar surface area (TPSA) is 88.1 Å². The molecule has 2 atom stereocenters. The van der Waals surface area contributed by atoms with Gasteiger partial charge in [0.2, 0.25) is 5.78 Å². The van der Waals surface area contributed by atoms with Crippen molar-refractivity contribution in [1.82, 2.24) is 0 Å². The minimum absolute atomic E-state index is 0.104. The summed E-state index contributed by atoms with van der Waals surface area (Å²) in [5.41, 5.74) is -2.97. The van der Waals surface area contributed by atoms with Crippen LogP contribution in [-0.4, -0.2) is 37.5 Å². The van der Waals surface area contributed by atoms with E-state index in [1.807, 2.05) is 19.1 Å². The summed E-state index contributed by atoms with van der Waals surface area (Å²) in [5, 5.41) is -0.788. The number of carbonyl (C=O) groups is 3. The second-order valence-electron chi connectivity index (χ2n) is 7.33. The number of benzene rings is 2. The number of rotatable bonds is 3. The molecule has 1 heterocycles. The molecule has 2 aromatic rings. The van der Waals surface area contributed by atoms with Gasteiger partial charge in [0.15, 0.2) is 11.9 Å². The van der Waals surface area contributed by atoms with Crippen molar-refractivity contribution < 1.29 is 33.3 Å². The molecule has 4 rings (SSSR count). The van der Waals surface area contributed by atoms with Crippen LogP contribution in [0, 0.1) is 6.92 Å². The average Bonchev–Trinajstić information content (AvgIpc) is 3.19. The minimum Gasteiger partial charge on any atom is -0.466 e. The Morgan fingerprint density at radius 3 is 2.12 bits per heavy atom. The lowest BCUT2D eigenvalue weighted by atomic mass is 9.71. The number of methoxy groups -OCH3 is 2. The maximum Gasteiger partial charge on any atom is 0.354 e. The van der Waals surface area contributed by atoms with Crippen LogP contribution in [0.25, 0.3) is 0 Å². The number of carbonyl (C=O) groups excluding carboxylic acids is 3. The first-order valence-electron chi connectivity index (χ1n) is 9.53. The molecule has 9 heteroatoms. The number of Topliss-reactive ketones (excluding diaryl/α,β-unsaturated/α-hetero) is 1. The largest absolute Gasteiger partial charge is 0.466 e. The summed E-state index contributed by atoms with van der Waals surface area (Å²) >= 11 is 12.9. The van der Waals surface area contributed by atoms with Gasteiger partial charge in [0.1, 0.15) is 5.03 Å². The summed E-state index contributed by atoms with van der Waals surface area (Å²) in [6.07, 6.45) is -1.24. The van der Waals surface area contributed by atoms with Crippen LogP contribution >= 0.6 is 23.2 Å². The zero-order valence-electron chi connectivity index (χ0n) is 17.3. The summed E-state index contributed by atoms with van der Waals surface area (Å²) in [6.45, 7) is 1.90. The lowest BCUT2D eigenvalue weighted by Gasteiger charge is -2.41. The number of ether oxygens (including phenoxy) is 4. The first kappa shape index (κ1) is 22.5. The molecule has 2 aliphatic rings. The standard InChI is InChI=1S/C23H18Cl2O7/c1-12-8-10-13(11-9-12)19-31-22(23(32-19,20(27)29-2)21(28)30-3)15-7-5-4-6-14(15)17(26)16(24)18(22)25/h4-11,19H,1-3H3. The second kappa shape index (κ2) is 8.01. The molecule has 166 valence electrons. The lowest BCUT2D eigenvalue weighted by Crippen LogP contribution is -2.63. The summed E-state index contributed by atoms with van der Waals surface area (Å²) in [6, 6.07) is 13.3. The third-order valence-electron chi connectivity index (χ3n) is 5.61. The second-order valence-corrected chi connectivity index (χ2v) is 8.08. The molecular formula is C23H18Cl2O7. The van der Waals surface area contributed by atoms with Crippen LogP contribution in [0.5, 0.6) is 0 Å². The Balaban J connectivity index is 2.08. The van der Waals surface area contributed by atoms with Gasteiger partial charge in [-0.05, 0) is 6.92 Å². The van der Waals surface area contributed by atoms with Gasteiger partial charge in [-0.1, -0.05) is 77.3 Å². The van der Waals surface area contributed by atoms with Gasteiger partial charge in [-0.25, -0.2) is 9.59 Å². The van der Waals surface area contributed by atoms with E-state index in [4.69, 9.17) is 42.1 Å². The van der Waals surface area contributed by atoms with Gasteiger partial charge in [0.25, 0.3) is 0 Å². The molecule has 1 fully saturated rings. The molecule has 0 aromatic heterocycles. The van der Waals surface area contributed by atoms with Crippen molar-refractivity contribution in [3.05, 3.63) is 80.8 Å². The molecule has 32 heavy (non-hydrogen) atoms. The Labute approximate surface area is 193 Å². The quantitative estimate of drug-likeness (QED) is 0.490. The molecule has 1 aliphatic carbocycles. The summed E-state index contributed by atoms with van der Waals surface area (Å²) in [5.74, 6) is -2.82. The SMILES string of the molecule is COC(=O)C1(C(=O)OC)OC(c2ccc(C)cc2)OC12C(Cl)=C(Cl)C(=O)c1ccccc12. The van der Waals surface area contributed by atoms with Gasteiger partial charge in [0, 0.05) is 16.7 Å². The van der Waals surface area contributed by atoms with Crippen LogP contribution in [0.15, 0.2) is 58.6 Å². The highest BCUT2D eigenvalue weighted by molar-refractivity contribution is 6.52. The molecular weight excluding hydrogens is 459 g/mol. The average molecular weight is 477 g/mol. The Morgan fingerprint density at radius 1 is 0.938 bits per heavy atom. The normalized spacial score (nSPS) is 23.8. The zero-order chi connectivity index (χ0) is 23.3. The number of ketones is 1. The highest BCUT2D eigenvalue weighted by Gasteiger charge is 2.76. The summed E-state index contributed by atoms with van der Waals surface area (Å²) in [4.78, 5) is 39.3. The molecule has 0 N–H and O–H groups in total. The molecule has 0 saturated carbocycles. The third kappa shape index (κ3) is 2.85. The van der Waals surface area contributed by atoms with E-state index in [0.29, 0.717) is 5.56 Å². The predicted octanol–water partition coefficient (Wildman–Crippen LogP) is 3.91. The predicted molar refractivity (Wildman–Crippen MR) is 114 cm³/mol. The minimum atomic E-state index is -2.54. The van der Waals surface area contributed by atoms with E-state index in [1.54, 1.807) is 24.3 Å². The van der Waals surface area contributed by atoms with Gasteiger partial charge in [-0.2, -0.15) is 0 Å². The van der Waals surface area contributed by atoms with Crippen LogP contribution in [0.3, 0.4) is 0 Å². The van der Waals surface area contributed by atoms with Gasteiger partial charge >= 0.3 is 17.5 Å². The highest BCUT2D eigenvalue weighted by atomic mass is 35.5. The molecule has 2 unspecified atom stereocenters. The van der Waals surface area contributed by atoms with Crippen molar-refractivity contribution in [2.75, 3.05) is 14.2 Å². The number of halogens is 2. The molecule has 2 aromatic carbocycles. The van der Waals surface area contributed by atoms with Crippen molar-refractivity contribution in [3.8, 4) is 0 Å². The molecule has 0 radical (unpaired) electrons. The van der Waals surface area contributed by atoms with E-state index >= 15 is 0 Å². The first-order valence-corrected chi connectivity index (χ1v) is 10.3. The van der Waals surface area contributed by atoms with E-state index in [2.05, 4.69) is 0 Å². The fourth-order valence-electron chi connectivity index (χ4n) is 4.06. The number of allylic oxidation sites excluding steroid dienone is 1. The summed E-state index contributed by atoms with van der Waals surface area (Å²) in [7, 11) is 2.17. The molecule has 1 aliphatic heterocycles. The van der Waals surface area contributed by atoms with E-state index < -0.39 is 40.2 Å². The molecule has 0 amide bonds. The highest BCUT2D eigenvalue weighted by Crippen LogP contribution is 2.60. The number of hydrogen-bond acceptors (Lipinski definition) is 7. The Kier molecular flexibility index (Phi) is 5.63. The fourth-order valence-corrected chi connectivity index (χ4v) is 4.66. The Bertz CT molecular complexity index is 1140. The number of hydrogen-bond donors (Lipinski definition) is 0. The number of esters is 2. The van der Waals surface area contributed by atoms with Gasteiger partial charge in [-0.3, -0.25) is 4.79 Å². The van der Waals surface area contributed by atoms with Crippen LogP contribution in [0.2, 0.25) is 0 Å². The van der Waals surface area contributed by atoms with Crippen LogP contribution in [0.4, 0.5) is 0 Å². The Hall–Kier alpha value is -2.71. The lowest BCUT2D eigenvalue weighted by molar-refractivity contribution is -0.190. The zero-order valence-corrected chi connectivity index (χ0v) is 18.8.